The van der Waals surface area contributed by atoms with Gasteiger partial charge in [-0.15, -0.1) is 0 Å². The molecule has 0 amide bonds. The fraction of sp³-hybridized carbons (Fsp3) is 0.600. The molecule has 3 heteroatoms. The van der Waals surface area contributed by atoms with Gasteiger partial charge in [0.05, 0.1) is 0 Å². The van der Waals surface area contributed by atoms with Crippen LogP contribution in [0.2, 0.25) is 0 Å². The number of nitrogens with two attached hydrogens (primary N) is 1. The first-order chi connectivity index (χ1) is 6.00. The average molecular weight is 179 g/mol. The van der Waals surface area contributed by atoms with E-state index in [0.717, 1.165) is 17.2 Å². The van der Waals surface area contributed by atoms with Crippen molar-refractivity contribution in [3.05, 3.63) is 23.3 Å². The third-order valence-electron chi connectivity index (χ3n) is 2.24. The lowest BCUT2D eigenvalue weighted by molar-refractivity contribution is 0.594. The lowest BCUT2D eigenvalue weighted by atomic mass is 10.00. The van der Waals surface area contributed by atoms with Crippen LogP contribution in [-0.4, -0.2) is 16.0 Å². The molecule has 0 aliphatic rings. The molecule has 0 aliphatic carbocycles. The molecule has 0 spiro atoms. The minimum Gasteiger partial charge on any atom is -0.327 e. The van der Waals surface area contributed by atoms with Gasteiger partial charge in [-0.3, -0.25) is 0 Å². The molecule has 2 N–H and O–H groups in total. The molecule has 1 rings (SSSR count). The second kappa shape index (κ2) is 3.83. The summed E-state index contributed by atoms with van der Waals surface area (Å²) in [7, 11) is 0. The second-order valence-electron chi connectivity index (χ2n) is 3.63. The van der Waals surface area contributed by atoms with Crippen LogP contribution in [0.4, 0.5) is 0 Å². The summed E-state index contributed by atoms with van der Waals surface area (Å²) in [5, 5.41) is 0. The van der Waals surface area contributed by atoms with Gasteiger partial charge in [-0.2, -0.15) is 0 Å². The van der Waals surface area contributed by atoms with Crippen LogP contribution in [0.15, 0.2) is 6.07 Å². The molecule has 1 aromatic heterocycles. The molecule has 0 radical (unpaired) electrons. The zero-order valence-electron chi connectivity index (χ0n) is 8.70. The molecule has 0 bridgehead atoms. The summed E-state index contributed by atoms with van der Waals surface area (Å²) in [4.78, 5) is 8.59. The smallest absolute Gasteiger partial charge is 0.125 e. The molecular weight excluding hydrogens is 162 g/mol. The van der Waals surface area contributed by atoms with Gasteiger partial charge in [0.2, 0.25) is 0 Å². The van der Waals surface area contributed by atoms with Crippen molar-refractivity contribution in [2.75, 3.05) is 0 Å². The van der Waals surface area contributed by atoms with Crippen LogP contribution in [-0.2, 0) is 0 Å². The molecule has 2 unspecified atom stereocenters. The summed E-state index contributed by atoms with van der Waals surface area (Å²) in [6, 6.07) is 2.13. The van der Waals surface area contributed by atoms with Crippen LogP contribution < -0.4 is 5.73 Å². The van der Waals surface area contributed by atoms with E-state index in [1.165, 1.54) is 0 Å². The lowest BCUT2D eigenvalue weighted by Gasteiger charge is -2.15. The van der Waals surface area contributed by atoms with Crippen molar-refractivity contribution in [3.8, 4) is 0 Å². The molecule has 0 aromatic carbocycles. The van der Waals surface area contributed by atoms with E-state index in [9.17, 15) is 0 Å². The van der Waals surface area contributed by atoms with Gasteiger partial charge in [-0.1, -0.05) is 6.92 Å². The Kier molecular flexibility index (Phi) is 2.98. The highest BCUT2D eigenvalue weighted by Gasteiger charge is 2.12. The molecule has 1 heterocycles. The summed E-state index contributed by atoms with van der Waals surface area (Å²) in [6.07, 6.45) is 0. The van der Waals surface area contributed by atoms with E-state index in [1.807, 2.05) is 26.8 Å². The van der Waals surface area contributed by atoms with Crippen molar-refractivity contribution in [1.82, 2.24) is 9.97 Å². The van der Waals surface area contributed by atoms with E-state index < -0.39 is 0 Å². The Morgan fingerprint density at radius 3 is 2.31 bits per heavy atom. The second-order valence-corrected chi connectivity index (χ2v) is 3.63. The topological polar surface area (TPSA) is 51.8 Å². The lowest BCUT2D eigenvalue weighted by Crippen LogP contribution is -2.23. The highest BCUT2D eigenvalue weighted by molar-refractivity contribution is 5.14. The predicted molar refractivity (Wildman–Crippen MR) is 53.6 cm³/mol. The largest absolute Gasteiger partial charge is 0.327 e. The third-order valence-corrected chi connectivity index (χ3v) is 2.24. The summed E-state index contributed by atoms with van der Waals surface area (Å²) in [5.41, 5.74) is 7.86. The minimum absolute atomic E-state index is 0.133. The zero-order chi connectivity index (χ0) is 10.0. The van der Waals surface area contributed by atoms with Gasteiger partial charge < -0.3 is 5.73 Å². The monoisotopic (exact) mass is 179 g/mol. The SMILES string of the molecule is Cc1cc(C(C)C(C)N)nc(C)n1. The molecule has 0 saturated heterocycles. The highest BCUT2D eigenvalue weighted by atomic mass is 14.9. The normalized spacial score (nSPS) is 15.5. The van der Waals surface area contributed by atoms with Crippen molar-refractivity contribution < 1.29 is 0 Å². The standard InChI is InChI=1S/C10H17N3/c1-6-5-10(7(2)8(3)11)13-9(4)12-6/h5,7-8H,11H2,1-4H3. The van der Waals surface area contributed by atoms with Crippen molar-refractivity contribution in [3.63, 3.8) is 0 Å². The molecule has 1 aromatic rings. The maximum Gasteiger partial charge on any atom is 0.125 e. The average Bonchev–Trinajstić information content (AvgIpc) is 2.01. The fourth-order valence-corrected chi connectivity index (χ4v) is 1.25. The van der Waals surface area contributed by atoms with Crippen molar-refractivity contribution >= 4 is 0 Å². The first kappa shape index (κ1) is 10.1. The van der Waals surface area contributed by atoms with E-state index in [-0.39, 0.29) is 6.04 Å². The van der Waals surface area contributed by atoms with E-state index in [2.05, 4.69) is 16.9 Å². The molecule has 3 nitrogen and oxygen atoms in total. The summed E-state index contributed by atoms with van der Waals surface area (Å²) >= 11 is 0. The van der Waals surface area contributed by atoms with E-state index in [4.69, 9.17) is 5.73 Å². The van der Waals surface area contributed by atoms with Gasteiger partial charge in [-0.25, -0.2) is 9.97 Å². The maximum atomic E-state index is 5.81. The van der Waals surface area contributed by atoms with Crippen LogP contribution in [0.5, 0.6) is 0 Å². The Bertz CT molecular complexity index is 274. The molecule has 0 saturated carbocycles. The maximum absolute atomic E-state index is 5.81. The quantitative estimate of drug-likeness (QED) is 0.749. The Hall–Kier alpha value is -0.960. The number of nitrogens with zero attached hydrogens (tertiary/aromatic N) is 2. The first-order valence-corrected chi connectivity index (χ1v) is 4.58. The van der Waals surface area contributed by atoms with Crippen molar-refractivity contribution in [2.24, 2.45) is 5.73 Å². The predicted octanol–water partition coefficient (Wildman–Crippen LogP) is 1.54. The van der Waals surface area contributed by atoms with Crippen LogP contribution in [0.25, 0.3) is 0 Å². The molecule has 13 heavy (non-hydrogen) atoms. The summed E-state index contributed by atoms with van der Waals surface area (Å²) in [6.45, 7) is 7.97. The van der Waals surface area contributed by atoms with Crippen molar-refractivity contribution in [2.45, 2.75) is 39.7 Å². The van der Waals surface area contributed by atoms with E-state index in [0.29, 0.717) is 5.92 Å². The van der Waals surface area contributed by atoms with Gasteiger partial charge in [-0.05, 0) is 26.8 Å². The molecule has 0 fully saturated rings. The minimum atomic E-state index is 0.133. The number of aromatic nitrogens is 2. The van der Waals surface area contributed by atoms with E-state index >= 15 is 0 Å². The third kappa shape index (κ3) is 2.49. The van der Waals surface area contributed by atoms with Crippen LogP contribution >= 0.6 is 0 Å². The highest BCUT2D eigenvalue weighted by Crippen LogP contribution is 2.15. The zero-order valence-corrected chi connectivity index (χ0v) is 8.70. The first-order valence-electron chi connectivity index (χ1n) is 4.58. The molecule has 2 atom stereocenters. The van der Waals surface area contributed by atoms with Crippen LogP contribution in [0.3, 0.4) is 0 Å². The number of rotatable bonds is 2. The van der Waals surface area contributed by atoms with Gasteiger partial charge in [0.15, 0.2) is 0 Å². The molecule has 0 aliphatic heterocycles. The Balaban J connectivity index is 3.01. The molecular formula is C10H17N3. The van der Waals surface area contributed by atoms with Crippen LogP contribution in [0, 0.1) is 13.8 Å². The molecule has 72 valence electrons. The van der Waals surface area contributed by atoms with Gasteiger partial charge in [0.1, 0.15) is 5.82 Å². The van der Waals surface area contributed by atoms with E-state index in [1.54, 1.807) is 0 Å². The number of aryl methyl sites for hydroxylation is 2. The number of hydrogen-bond acceptors (Lipinski definition) is 3. The number of hydrogen-bond donors (Lipinski definition) is 1. The van der Waals surface area contributed by atoms with Gasteiger partial charge in [0.25, 0.3) is 0 Å². The Labute approximate surface area is 79.4 Å². The van der Waals surface area contributed by atoms with Gasteiger partial charge in [0, 0.05) is 23.3 Å². The summed E-state index contributed by atoms with van der Waals surface area (Å²) < 4.78 is 0. The summed E-state index contributed by atoms with van der Waals surface area (Å²) in [5.74, 6) is 1.11. The van der Waals surface area contributed by atoms with Crippen LogP contribution in [0.1, 0.15) is 37.0 Å². The fourth-order valence-electron chi connectivity index (χ4n) is 1.25. The van der Waals surface area contributed by atoms with Crippen molar-refractivity contribution in [1.29, 1.82) is 0 Å². The Morgan fingerprint density at radius 1 is 1.23 bits per heavy atom. The Morgan fingerprint density at radius 2 is 1.85 bits per heavy atom. The van der Waals surface area contributed by atoms with Gasteiger partial charge >= 0.3 is 0 Å².